The monoisotopic (exact) mass is 302 g/mol. The summed E-state index contributed by atoms with van der Waals surface area (Å²) >= 11 is 0. The summed E-state index contributed by atoms with van der Waals surface area (Å²) in [6.07, 6.45) is -1.48. The highest BCUT2D eigenvalue weighted by Gasteiger charge is 2.36. The molecular formula is C17H13F3N2. The van der Waals surface area contributed by atoms with Crippen LogP contribution in [0.4, 0.5) is 13.2 Å². The third-order valence-corrected chi connectivity index (χ3v) is 3.69. The van der Waals surface area contributed by atoms with Gasteiger partial charge in [-0.15, -0.1) is 0 Å². The predicted molar refractivity (Wildman–Crippen MR) is 79.5 cm³/mol. The highest BCUT2D eigenvalue weighted by atomic mass is 19.4. The molecule has 0 amide bonds. The number of nitrogens with zero attached hydrogens (tertiary/aromatic N) is 2. The summed E-state index contributed by atoms with van der Waals surface area (Å²) in [5, 5.41) is 0.830. The third-order valence-electron chi connectivity index (χ3n) is 3.69. The normalized spacial score (nSPS) is 11.9. The Bertz CT molecular complexity index is 854. The average molecular weight is 302 g/mol. The van der Waals surface area contributed by atoms with Crippen LogP contribution < -0.4 is 0 Å². The zero-order valence-electron chi connectivity index (χ0n) is 12.1. The first kappa shape index (κ1) is 14.5. The molecule has 3 rings (SSSR count). The Morgan fingerprint density at radius 1 is 0.864 bits per heavy atom. The molecule has 2 heterocycles. The lowest BCUT2D eigenvalue weighted by molar-refractivity contribution is -0.137. The van der Waals surface area contributed by atoms with Crippen LogP contribution in [-0.4, -0.2) is 9.97 Å². The van der Waals surface area contributed by atoms with Gasteiger partial charge in [-0.3, -0.25) is 9.97 Å². The van der Waals surface area contributed by atoms with E-state index < -0.39 is 11.7 Å². The number of benzene rings is 1. The molecule has 0 aliphatic rings. The van der Waals surface area contributed by atoms with Crippen molar-refractivity contribution in [2.75, 3.05) is 0 Å². The molecule has 0 radical (unpaired) electrons. The van der Waals surface area contributed by atoms with Crippen LogP contribution in [0, 0.1) is 13.8 Å². The van der Waals surface area contributed by atoms with Crippen LogP contribution in [0.25, 0.3) is 22.2 Å². The smallest absolute Gasteiger partial charge is 0.256 e. The lowest BCUT2D eigenvalue weighted by Gasteiger charge is -2.16. The third kappa shape index (κ3) is 2.32. The number of pyridine rings is 2. The molecule has 0 spiro atoms. The first-order valence-electron chi connectivity index (χ1n) is 6.77. The Morgan fingerprint density at radius 2 is 1.64 bits per heavy atom. The van der Waals surface area contributed by atoms with E-state index in [-0.39, 0.29) is 11.3 Å². The van der Waals surface area contributed by atoms with Crippen molar-refractivity contribution in [2.45, 2.75) is 20.0 Å². The van der Waals surface area contributed by atoms with Crippen molar-refractivity contribution in [1.82, 2.24) is 9.97 Å². The molecule has 0 saturated heterocycles. The number of alkyl halides is 3. The van der Waals surface area contributed by atoms with E-state index in [4.69, 9.17) is 0 Å². The number of fused-ring (bicyclic) bond motifs is 1. The molecule has 0 bridgehead atoms. The molecule has 0 atom stereocenters. The maximum atomic E-state index is 13.4. The topological polar surface area (TPSA) is 25.8 Å². The van der Waals surface area contributed by atoms with Crippen LogP contribution in [0.15, 0.2) is 42.7 Å². The summed E-state index contributed by atoms with van der Waals surface area (Å²) in [6.45, 7) is 3.35. The first-order valence-corrected chi connectivity index (χ1v) is 6.77. The maximum Gasteiger partial charge on any atom is 0.418 e. The summed E-state index contributed by atoms with van der Waals surface area (Å²) < 4.78 is 40.2. The quantitative estimate of drug-likeness (QED) is 0.637. The molecule has 0 aliphatic heterocycles. The van der Waals surface area contributed by atoms with E-state index in [1.165, 1.54) is 19.2 Å². The van der Waals surface area contributed by atoms with Gasteiger partial charge in [0.1, 0.15) is 0 Å². The maximum absolute atomic E-state index is 13.4. The van der Waals surface area contributed by atoms with Crippen LogP contribution >= 0.6 is 0 Å². The highest BCUT2D eigenvalue weighted by Crippen LogP contribution is 2.39. The first-order chi connectivity index (χ1) is 10.4. The van der Waals surface area contributed by atoms with Gasteiger partial charge in [-0.1, -0.05) is 18.2 Å². The fourth-order valence-corrected chi connectivity index (χ4v) is 2.63. The van der Waals surface area contributed by atoms with Gasteiger partial charge in [-0.05, 0) is 37.1 Å². The van der Waals surface area contributed by atoms with Crippen molar-refractivity contribution in [3.63, 3.8) is 0 Å². The minimum Gasteiger partial charge on any atom is -0.256 e. The lowest BCUT2D eigenvalue weighted by Crippen LogP contribution is -2.11. The Labute approximate surface area is 125 Å². The van der Waals surface area contributed by atoms with Crippen LogP contribution in [0.5, 0.6) is 0 Å². The summed E-state index contributed by atoms with van der Waals surface area (Å²) in [5.74, 6) is 0. The van der Waals surface area contributed by atoms with Gasteiger partial charge in [0, 0.05) is 23.3 Å². The molecule has 1 aromatic carbocycles. The van der Waals surface area contributed by atoms with Gasteiger partial charge in [0.25, 0.3) is 0 Å². The van der Waals surface area contributed by atoms with Gasteiger partial charge in [0.15, 0.2) is 0 Å². The zero-order chi connectivity index (χ0) is 15.9. The van der Waals surface area contributed by atoms with Crippen molar-refractivity contribution in [2.24, 2.45) is 0 Å². The van der Waals surface area contributed by atoms with Gasteiger partial charge in [-0.25, -0.2) is 0 Å². The van der Waals surface area contributed by atoms with Gasteiger partial charge >= 0.3 is 6.18 Å². The van der Waals surface area contributed by atoms with E-state index in [2.05, 4.69) is 9.97 Å². The second kappa shape index (κ2) is 5.09. The molecule has 5 heteroatoms. The standard InChI is InChI=1S/C17H13F3N2/c1-10-5-6-13(15-12(10)4-3-8-21-15)16-14(17(18,19)20)11(2)7-9-22-16/h3-9H,1-2H3. The number of aromatic nitrogens is 2. The Morgan fingerprint density at radius 3 is 2.36 bits per heavy atom. The predicted octanol–water partition coefficient (Wildman–Crippen LogP) is 4.93. The van der Waals surface area contributed by atoms with E-state index in [0.29, 0.717) is 11.1 Å². The van der Waals surface area contributed by atoms with Crippen LogP contribution in [-0.2, 0) is 6.18 Å². The second-order valence-electron chi connectivity index (χ2n) is 5.18. The average Bonchev–Trinajstić information content (AvgIpc) is 2.46. The zero-order valence-corrected chi connectivity index (χ0v) is 12.1. The largest absolute Gasteiger partial charge is 0.418 e. The summed E-state index contributed by atoms with van der Waals surface area (Å²) in [7, 11) is 0. The molecule has 0 aliphatic carbocycles. The number of hydrogen-bond acceptors (Lipinski definition) is 2. The number of halogens is 3. The minimum atomic E-state index is -4.46. The van der Waals surface area contributed by atoms with Crippen molar-refractivity contribution in [3.05, 3.63) is 59.4 Å². The van der Waals surface area contributed by atoms with Crippen LogP contribution in [0.3, 0.4) is 0 Å². The molecular weight excluding hydrogens is 289 g/mol. The molecule has 2 nitrogen and oxygen atoms in total. The molecule has 0 unspecified atom stereocenters. The number of hydrogen-bond donors (Lipinski definition) is 0. The SMILES string of the molecule is Cc1ccnc(-c2ccc(C)c3cccnc23)c1C(F)(F)F. The summed E-state index contributed by atoms with van der Waals surface area (Å²) in [5.41, 5.74) is 1.28. The lowest BCUT2D eigenvalue weighted by atomic mass is 9.97. The molecule has 0 fully saturated rings. The number of aryl methyl sites for hydroxylation is 2. The van der Waals surface area contributed by atoms with E-state index in [9.17, 15) is 13.2 Å². The highest BCUT2D eigenvalue weighted by molar-refractivity contribution is 5.95. The van der Waals surface area contributed by atoms with Gasteiger partial charge in [0.05, 0.1) is 16.8 Å². The minimum absolute atomic E-state index is 0.0730. The van der Waals surface area contributed by atoms with Crippen molar-refractivity contribution in [3.8, 4) is 11.3 Å². The van der Waals surface area contributed by atoms with Crippen molar-refractivity contribution >= 4 is 10.9 Å². The molecule has 22 heavy (non-hydrogen) atoms. The fraction of sp³-hybridized carbons (Fsp3) is 0.176. The Balaban J connectivity index is 2.39. The van der Waals surface area contributed by atoms with Crippen LogP contribution in [0.1, 0.15) is 16.7 Å². The summed E-state index contributed by atoms with van der Waals surface area (Å²) in [4.78, 5) is 8.26. The molecule has 112 valence electrons. The Hall–Kier alpha value is -2.43. The molecule has 2 aromatic heterocycles. The summed E-state index contributed by atoms with van der Waals surface area (Å²) in [6, 6.07) is 8.44. The molecule has 0 N–H and O–H groups in total. The van der Waals surface area contributed by atoms with E-state index in [1.807, 2.05) is 13.0 Å². The van der Waals surface area contributed by atoms with Gasteiger partial charge in [0.2, 0.25) is 0 Å². The van der Waals surface area contributed by atoms with E-state index in [1.54, 1.807) is 24.4 Å². The van der Waals surface area contributed by atoms with E-state index in [0.717, 1.165) is 10.9 Å². The van der Waals surface area contributed by atoms with Crippen LogP contribution in [0.2, 0.25) is 0 Å². The Kier molecular flexibility index (Phi) is 3.35. The number of rotatable bonds is 1. The second-order valence-corrected chi connectivity index (χ2v) is 5.18. The molecule has 3 aromatic rings. The molecule has 0 saturated carbocycles. The van der Waals surface area contributed by atoms with Gasteiger partial charge in [-0.2, -0.15) is 13.2 Å². The van der Waals surface area contributed by atoms with Gasteiger partial charge < -0.3 is 0 Å². The van der Waals surface area contributed by atoms with Crippen molar-refractivity contribution < 1.29 is 13.2 Å². The van der Waals surface area contributed by atoms with E-state index >= 15 is 0 Å². The fourth-order valence-electron chi connectivity index (χ4n) is 2.63. The van der Waals surface area contributed by atoms with Crippen molar-refractivity contribution in [1.29, 1.82) is 0 Å².